The molecule has 0 unspecified atom stereocenters. The third-order valence-corrected chi connectivity index (χ3v) is 7.85. The van der Waals surface area contributed by atoms with E-state index in [1.807, 2.05) is 42.5 Å². The van der Waals surface area contributed by atoms with Crippen molar-refractivity contribution in [1.29, 1.82) is 0 Å². The first kappa shape index (κ1) is 31.7. The van der Waals surface area contributed by atoms with Crippen molar-refractivity contribution in [3.8, 4) is 22.8 Å². The number of amides is 1. The Kier molecular flexibility index (Phi) is 10.8. The number of likely N-dealkylation sites (N-methyl/N-ethyl adjacent to an activating group) is 1. The standard InChI is InChI=1S/C34H41N7O4/c1-24-7-5-9-28(25(24)2)29-10-6-8-26(36-29)14-21-45-34(42)39-32-13-15-35-33(38-32)37-27-11-12-30(31(23-27)43-4)44-22-20-41-18-16-40(3)17-19-41/h5-13,15,23H,14,16-22H2,1-4H3,(H2,35,37,38,39,42). The molecule has 1 aliphatic rings. The maximum atomic E-state index is 12.5. The Balaban J connectivity index is 1.10. The van der Waals surface area contributed by atoms with Crippen LogP contribution in [0.25, 0.3) is 11.3 Å². The normalized spacial score (nSPS) is 13.7. The number of carbonyl (C=O) groups excluding carboxylic acids is 1. The molecule has 11 heteroatoms. The molecule has 1 fully saturated rings. The molecule has 236 valence electrons. The summed E-state index contributed by atoms with van der Waals surface area (Å²) in [6.07, 6.45) is 1.44. The predicted molar refractivity (Wildman–Crippen MR) is 176 cm³/mol. The van der Waals surface area contributed by atoms with Crippen LogP contribution in [0.5, 0.6) is 11.5 Å². The predicted octanol–water partition coefficient (Wildman–Crippen LogP) is 5.33. The Morgan fingerprint density at radius 1 is 0.933 bits per heavy atom. The molecule has 2 aromatic heterocycles. The van der Waals surface area contributed by atoms with Crippen LogP contribution in [0.15, 0.2) is 66.9 Å². The fraction of sp³-hybridized carbons (Fsp3) is 0.353. The van der Waals surface area contributed by atoms with Crippen molar-refractivity contribution in [2.24, 2.45) is 0 Å². The van der Waals surface area contributed by atoms with Gasteiger partial charge in [0.1, 0.15) is 12.4 Å². The number of hydrogen-bond donors (Lipinski definition) is 2. The average molecular weight is 612 g/mol. The van der Waals surface area contributed by atoms with Crippen molar-refractivity contribution in [3.63, 3.8) is 0 Å². The highest BCUT2D eigenvalue weighted by atomic mass is 16.5. The van der Waals surface area contributed by atoms with Crippen LogP contribution in [0.4, 0.5) is 22.2 Å². The molecule has 5 rings (SSSR count). The largest absolute Gasteiger partial charge is 0.493 e. The lowest BCUT2D eigenvalue weighted by molar-refractivity contribution is 0.133. The second-order valence-electron chi connectivity index (χ2n) is 11.0. The van der Waals surface area contributed by atoms with E-state index in [0.29, 0.717) is 42.0 Å². The van der Waals surface area contributed by atoms with E-state index in [4.69, 9.17) is 19.2 Å². The Morgan fingerprint density at radius 2 is 1.76 bits per heavy atom. The van der Waals surface area contributed by atoms with Crippen LogP contribution >= 0.6 is 0 Å². The van der Waals surface area contributed by atoms with Crippen molar-refractivity contribution in [3.05, 3.63) is 83.7 Å². The summed E-state index contributed by atoms with van der Waals surface area (Å²) in [6.45, 7) is 10.1. The molecule has 1 amide bonds. The van der Waals surface area contributed by atoms with Crippen molar-refractivity contribution >= 4 is 23.5 Å². The molecule has 1 aliphatic heterocycles. The molecule has 1 saturated heterocycles. The number of carbonyl (C=O) groups is 1. The number of pyridine rings is 1. The fourth-order valence-corrected chi connectivity index (χ4v) is 5.02. The summed E-state index contributed by atoms with van der Waals surface area (Å²) in [5, 5.41) is 5.82. The summed E-state index contributed by atoms with van der Waals surface area (Å²) in [5.41, 5.74) is 5.99. The first-order valence-corrected chi connectivity index (χ1v) is 15.2. The van der Waals surface area contributed by atoms with E-state index in [1.165, 1.54) is 11.1 Å². The molecular weight excluding hydrogens is 570 g/mol. The van der Waals surface area contributed by atoms with E-state index in [1.54, 1.807) is 19.4 Å². The summed E-state index contributed by atoms with van der Waals surface area (Å²) >= 11 is 0. The second kappa shape index (κ2) is 15.3. The van der Waals surface area contributed by atoms with Crippen molar-refractivity contribution in [2.45, 2.75) is 20.3 Å². The van der Waals surface area contributed by atoms with E-state index < -0.39 is 6.09 Å². The number of piperazine rings is 1. The average Bonchev–Trinajstić information content (AvgIpc) is 3.04. The lowest BCUT2D eigenvalue weighted by Gasteiger charge is -2.32. The highest BCUT2D eigenvalue weighted by Gasteiger charge is 2.15. The first-order valence-electron chi connectivity index (χ1n) is 15.2. The molecule has 3 heterocycles. The minimum atomic E-state index is -0.606. The van der Waals surface area contributed by atoms with Gasteiger partial charge < -0.3 is 24.4 Å². The van der Waals surface area contributed by atoms with E-state index in [2.05, 4.69) is 63.4 Å². The number of aromatic nitrogens is 3. The monoisotopic (exact) mass is 611 g/mol. The van der Waals surface area contributed by atoms with Crippen molar-refractivity contribution in [1.82, 2.24) is 24.8 Å². The maximum Gasteiger partial charge on any atom is 0.412 e. The Bertz CT molecular complexity index is 1590. The van der Waals surface area contributed by atoms with Gasteiger partial charge in [0.25, 0.3) is 0 Å². The fourth-order valence-electron chi connectivity index (χ4n) is 5.02. The lowest BCUT2D eigenvalue weighted by atomic mass is 10.0. The van der Waals surface area contributed by atoms with Gasteiger partial charge in [0.15, 0.2) is 11.5 Å². The number of benzene rings is 2. The van der Waals surface area contributed by atoms with E-state index >= 15 is 0 Å². The number of nitrogens with one attached hydrogen (secondary N) is 2. The van der Waals surface area contributed by atoms with Gasteiger partial charge in [0.05, 0.1) is 19.4 Å². The molecule has 45 heavy (non-hydrogen) atoms. The van der Waals surface area contributed by atoms with Crippen LogP contribution in [0, 0.1) is 13.8 Å². The Labute approximate surface area is 264 Å². The zero-order chi connectivity index (χ0) is 31.6. The smallest absolute Gasteiger partial charge is 0.412 e. The third kappa shape index (κ3) is 8.90. The molecule has 0 atom stereocenters. The van der Waals surface area contributed by atoms with Gasteiger partial charge in [0.2, 0.25) is 5.95 Å². The number of nitrogens with zero attached hydrogens (tertiary/aromatic N) is 5. The van der Waals surface area contributed by atoms with Crippen LogP contribution in [-0.2, 0) is 11.2 Å². The van der Waals surface area contributed by atoms with Gasteiger partial charge in [-0.05, 0) is 62.4 Å². The minimum absolute atomic E-state index is 0.175. The van der Waals surface area contributed by atoms with Crippen molar-refractivity contribution < 1.29 is 19.0 Å². The van der Waals surface area contributed by atoms with Gasteiger partial charge in [-0.1, -0.05) is 24.3 Å². The summed E-state index contributed by atoms with van der Waals surface area (Å²) in [7, 11) is 3.76. The van der Waals surface area contributed by atoms with E-state index in [-0.39, 0.29) is 6.61 Å². The summed E-state index contributed by atoms with van der Waals surface area (Å²) < 4.78 is 17.0. The minimum Gasteiger partial charge on any atom is -0.493 e. The SMILES string of the molecule is COc1cc(Nc2nccc(NC(=O)OCCc3cccc(-c4cccc(C)c4C)n3)n2)ccc1OCCN1CCN(C)CC1. The molecule has 0 aliphatic carbocycles. The van der Waals surface area contributed by atoms with Gasteiger partial charge >= 0.3 is 6.09 Å². The molecular formula is C34H41N7O4. The van der Waals surface area contributed by atoms with Crippen LogP contribution in [0.2, 0.25) is 0 Å². The molecule has 4 aromatic rings. The summed E-state index contributed by atoms with van der Waals surface area (Å²) in [5.74, 6) is 1.89. The van der Waals surface area contributed by atoms with Gasteiger partial charge in [-0.25, -0.2) is 9.78 Å². The Hall–Kier alpha value is -4.74. The van der Waals surface area contributed by atoms with E-state index in [0.717, 1.165) is 49.7 Å². The number of aryl methyl sites for hydroxylation is 1. The molecule has 0 bridgehead atoms. The second-order valence-corrected chi connectivity index (χ2v) is 11.0. The molecule has 2 aromatic carbocycles. The first-order chi connectivity index (χ1) is 21.9. The van der Waals surface area contributed by atoms with Crippen LogP contribution in [-0.4, -0.2) is 90.9 Å². The van der Waals surface area contributed by atoms with E-state index in [9.17, 15) is 4.79 Å². The number of anilines is 3. The maximum absolute atomic E-state index is 12.5. The van der Waals surface area contributed by atoms with Gasteiger partial charge in [-0.15, -0.1) is 0 Å². The Morgan fingerprint density at radius 3 is 2.58 bits per heavy atom. The summed E-state index contributed by atoms with van der Waals surface area (Å²) in [4.78, 5) is 30.7. The highest BCUT2D eigenvalue weighted by molar-refractivity contribution is 5.83. The highest BCUT2D eigenvalue weighted by Crippen LogP contribution is 2.31. The number of ether oxygens (including phenoxy) is 3. The molecule has 0 spiro atoms. The molecule has 2 N–H and O–H groups in total. The zero-order valence-corrected chi connectivity index (χ0v) is 26.4. The van der Waals surface area contributed by atoms with Gasteiger partial charge in [-0.3, -0.25) is 15.2 Å². The molecule has 0 radical (unpaired) electrons. The summed E-state index contributed by atoms with van der Waals surface area (Å²) in [6, 6.07) is 19.2. The lowest BCUT2D eigenvalue weighted by Crippen LogP contribution is -2.45. The molecule has 11 nitrogen and oxygen atoms in total. The topological polar surface area (TPSA) is 114 Å². The van der Waals surface area contributed by atoms with Crippen LogP contribution < -0.4 is 20.1 Å². The van der Waals surface area contributed by atoms with Gasteiger partial charge in [-0.2, -0.15) is 4.98 Å². The number of hydrogen-bond acceptors (Lipinski definition) is 10. The van der Waals surface area contributed by atoms with Gasteiger partial charge in [0, 0.05) is 68.4 Å². The molecule has 0 saturated carbocycles. The van der Waals surface area contributed by atoms with Crippen LogP contribution in [0.3, 0.4) is 0 Å². The van der Waals surface area contributed by atoms with Crippen molar-refractivity contribution in [2.75, 3.05) is 70.7 Å². The quantitative estimate of drug-likeness (QED) is 0.218. The van der Waals surface area contributed by atoms with Crippen LogP contribution in [0.1, 0.15) is 16.8 Å². The number of methoxy groups -OCH3 is 1. The number of rotatable bonds is 12. The zero-order valence-electron chi connectivity index (χ0n) is 26.4. The third-order valence-electron chi connectivity index (χ3n) is 7.85.